The van der Waals surface area contributed by atoms with Crippen LogP contribution in [-0.2, 0) is 9.47 Å². The number of unbranched alkanes of at least 4 members (excludes halogenated alkanes) is 9. The summed E-state index contributed by atoms with van der Waals surface area (Å²) in [5.41, 5.74) is 4.46. The number of hydrogen-bond donors (Lipinski definition) is 3. The lowest BCUT2D eigenvalue weighted by molar-refractivity contribution is -0.0909. The molecule has 3 atom stereocenters. The Morgan fingerprint density at radius 1 is 1.28 bits per heavy atom. The largest absolute Gasteiger partial charge is 0.445 e. The Morgan fingerprint density at radius 2 is 1.94 bits per heavy atom. The number of hydrogen-bond acceptors (Lipinski definition) is 8. The number of fused-ring (bicyclic) bond motifs is 1. The summed E-state index contributed by atoms with van der Waals surface area (Å²) in [6.45, 7) is 2.38. The zero-order valence-electron chi connectivity index (χ0n) is 20.9. The van der Waals surface area contributed by atoms with Crippen molar-refractivity contribution >= 4 is 23.1 Å². The molecule has 0 spiro atoms. The van der Waals surface area contributed by atoms with E-state index in [9.17, 15) is 14.3 Å². The fourth-order valence-electron chi connectivity index (χ4n) is 4.37. The van der Waals surface area contributed by atoms with Crippen molar-refractivity contribution in [3.05, 3.63) is 12.4 Å². The third-order valence-electron chi connectivity index (χ3n) is 6.50. The smallest absolute Gasteiger partial charge is 0.407 e. The number of alkyl carbamates (subject to hydrolysis) is 1. The molecule has 10 nitrogen and oxygen atoms in total. The number of aromatic nitrogens is 4. The second-order valence-electron chi connectivity index (χ2n) is 9.24. The minimum absolute atomic E-state index is 0.0603. The van der Waals surface area contributed by atoms with Crippen LogP contribution < -0.4 is 11.1 Å². The number of ether oxygens (including phenoxy) is 2. The van der Waals surface area contributed by atoms with Gasteiger partial charge in [-0.2, -0.15) is 14.4 Å². The number of aliphatic hydroxyl groups excluding tert-OH is 1. The predicted octanol–water partition coefficient (Wildman–Crippen LogP) is 3.85. The van der Waals surface area contributed by atoms with E-state index >= 15 is 0 Å². The standard InChI is InChI=1S/C25H37FN6O4/c1-3-5-6-7-8-9-10-11-12-13-14-28-24(34)35-16-25(4-2)18(33)15-19(36-25)32-17-29-20-21(27)30-23(26)31-22(20)32/h2,17-19,33H,3,5-16H2,1H3,(H,28,34)(H2,27,30,31)/t18-,19+,25+/m0/s1. The molecule has 1 amide bonds. The number of carbonyl (C=O) groups excluding carboxylic acids is 1. The van der Waals surface area contributed by atoms with Gasteiger partial charge in [-0.3, -0.25) is 4.57 Å². The fourth-order valence-corrected chi connectivity index (χ4v) is 4.37. The highest BCUT2D eigenvalue weighted by atomic mass is 19.1. The molecule has 198 valence electrons. The van der Waals surface area contributed by atoms with E-state index in [1.165, 1.54) is 55.8 Å². The Kier molecular flexibility index (Phi) is 10.3. The van der Waals surface area contributed by atoms with Crippen LogP contribution in [0.2, 0.25) is 0 Å². The van der Waals surface area contributed by atoms with Crippen molar-refractivity contribution in [2.45, 2.75) is 95.5 Å². The molecule has 1 aliphatic rings. The summed E-state index contributed by atoms with van der Waals surface area (Å²) >= 11 is 0. The Hall–Kier alpha value is -2.97. The summed E-state index contributed by atoms with van der Waals surface area (Å²) in [5.74, 6) is 2.30. The highest BCUT2D eigenvalue weighted by Gasteiger charge is 2.49. The van der Waals surface area contributed by atoms with Gasteiger partial charge in [-0.25, -0.2) is 9.78 Å². The number of nitrogens with zero attached hydrogens (tertiary/aromatic N) is 4. The molecule has 2 aromatic heterocycles. The number of rotatable bonds is 14. The number of carbonyl (C=O) groups is 1. The number of anilines is 1. The molecule has 0 aliphatic carbocycles. The van der Waals surface area contributed by atoms with E-state index < -0.39 is 30.1 Å². The third kappa shape index (κ3) is 7.04. The van der Waals surface area contributed by atoms with Gasteiger partial charge in [0.25, 0.3) is 0 Å². The third-order valence-corrected chi connectivity index (χ3v) is 6.50. The Bertz CT molecular complexity index is 1040. The quantitative estimate of drug-likeness (QED) is 0.200. The molecule has 0 saturated carbocycles. The molecule has 1 fully saturated rings. The highest BCUT2D eigenvalue weighted by molar-refractivity contribution is 5.81. The molecule has 0 bridgehead atoms. The number of aliphatic hydroxyl groups is 1. The van der Waals surface area contributed by atoms with E-state index in [0.29, 0.717) is 6.54 Å². The lowest BCUT2D eigenvalue weighted by Crippen LogP contribution is -2.44. The van der Waals surface area contributed by atoms with Crippen LogP contribution in [0.1, 0.15) is 83.8 Å². The van der Waals surface area contributed by atoms with Gasteiger partial charge in [-0.1, -0.05) is 70.6 Å². The summed E-state index contributed by atoms with van der Waals surface area (Å²) in [6, 6.07) is 0. The average molecular weight is 505 g/mol. The minimum atomic E-state index is -1.56. The first-order chi connectivity index (χ1) is 17.4. The van der Waals surface area contributed by atoms with Gasteiger partial charge in [-0.05, 0) is 6.42 Å². The molecule has 0 aromatic carbocycles. The molecule has 3 rings (SSSR count). The number of imidazole rings is 1. The van der Waals surface area contributed by atoms with Crippen molar-refractivity contribution in [3.63, 3.8) is 0 Å². The van der Waals surface area contributed by atoms with E-state index in [4.69, 9.17) is 21.6 Å². The van der Waals surface area contributed by atoms with E-state index in [1.807, 2.05) is 0 Å². The zero-order chi connectivity index (χ0) is 26.0. The summed E-state index contributed by atoms with van der Waals surface area (Å²) < 4.78 is 26.3. The molecule has 11 heteroatoms. The second-order valence-corrected chi connectivity index (χ2v) is 9.24. The Morgan fingerprint density at radius 3 is 2.61 bits per heavy atom. The van der Waals surface area contributed by atoms with Gasteiger partial charge in [0, 0.05) is 13.0 Å². The molecule has 3 heterocycles. The van der Waals surface area contributed by atoms with Crippen LogP contribution in [-0.4, -0.2) is 55.6 Å². The van der Waals surface area contributed by atoms with Crippen molar-refractivity contribution in [2.75, 3.05) is 18.9 Å². The number of nitrogens with two attached hydrogens (primary N) is 1. The van der Waals surface area contributed by atoms with Gasteiger partial charge in [0.2, 0.25) is 0 Å². The van der Waals surface area contributed by atoms with Crippen molar-refractivity contribution in [1.82, 2.24) is 24.8 Å². The molecule has 1 saturated heterocycles. The first-order valence-electron chi connectivity index (χ1n) is 12.8. The van der Waals surface area contributed by atoms with Crippen LogP contribution in [0.4, 0.5) is 15.0 Å². The number of terminal acetylenes is 1. The molecule has 2 aromatic rings. The van der Waals surface area contributed by atoms with Gasteiger partial charge < -0.3 is 25.6 Å². The summed E-state index contributed by atoms with van der Waals surface area (Å²) in [7, 11) is 0. The molecule has 1 aliphatic heterocycles. The summed E-state index contributed by atoms with van der Waals surface area (Å²) in [4.78, 5) is 23.4. The maximum Gasteiger partial charge on any atom is 0.407 e. The summed E-state index contributed by atoms with van der Waals surface area (Å²) in [5, 5.41) is 13.3. The normalized spacial score (nSPS) is 21.5. The SMILES string of the molecule is C#C[C@]1(COC(=O)NCCCCCCCCCCCC)O[C@@H](n2cnc3c(N)nc(F)nc32)C[C@@H]1O. The lowest BCUT2D eigenvalue weighted by atomic mass is 9.99. The minimum Gasteiger partial charge on any atom is -0.445 e. The lowest BCUT2D eigenvalue weighted by Gasteiger charge is -2.26. The van der Waals surface area contributed by atoms with Crippen LogP contribution in [0.5, 0.6) is 0 Å². The van der Waals surface area contributed by atoms with Gasteiger partial charge in [-0.15, -0.1) is 6.42 Å². The monoisotopic (exact) mass is 504 g/mol. The summed E-state index contributed by atoms with van der Waals surface area (Å²) in [6.07, 6.45) is 15.6. The van der Waals surface area contributed by atoms with Crippen molar-refractivity contribution in [2.24, 2.45) is 0 Å². The van der Waals surface area contributed by atoms with Crippen molar-refractivity contribution in [1.29, 1.82) is 0 Å². The number of nitrogens with one attached hydrogen (secondary N) is 1. The first-order valence-corrected chi connectivity index (χ1v) is 12.8. The highest BCUT2D eigenvalue weighted by Crippen LogP contribution is 2.38. The fraction of sp³-hybridized carbons (Fsp3) is 0.680. The van der Waals surface area contributed by atoms with Crippen molar-refractivity contribution < 1.29 is 23.8 Å². The van der Waals surface area contributed by atoms with Crippen molar-refractivity contribution in [3.8, 4) is 12.3 Å². The second kappa shape index (κ2) is 13.4. The van der Waals surface area contributed by atoms with Crippen LogP contribution in [0.15, 0.2) is 6.33 Å². The van der Waals surface area contributed by atoms with Crippen LogP contribution in [0.25, 0.3) is 11.2 Å². The van der Waals surface area contributed by atoms with Crippen LogP contribution >= 0.6 is 0 Å². The average Bonchev–Trinajstić information content (AvgIpc) is 3.42. The van der Waals surface area contributed by atoms with Crippen LogP contribution in [0, 0.1) is 18.4 Å². The molecule has 4 N–H and O–H groups in total. The number of nitrogen functional groups attached to an aromatic ring is 1. The molecule has 0 unspecified atom stereocenters. The Balaban J connectivity index is 1.40. The predicted molar refractivity (Wildman–Crippen MR) is 133 cm³/mol. The molecular formula is C25H37FN6O4. The van der Waals surface area contributed by atoms with E-state index in [1.54, 1.807) is 0 Å². The zero-order valence-corrected chi connectivity index (χ0v) is 20.9. The van der Waals surface area contributed by atoms with Crippen LogP contribution in [0.3, 0.4) is 0 Å². The van der Waals surface area contributed by atoms with E-state index in [2.05, 4.69) is 33.1 Å². The van der Waals surface area contributed by atoms with E-state index in [-0.39, 0.29) is 30.0 Å². The maximum absolute atomic E-state index is 13.7. The molecule has 0 radical (unpaired) electrons. The number of amides is 1. The number of halogens is 1. The van der Waals surface area contributed by atoms with Gasteiger partial charge >= 0.3 is 12.2 Å². The molecule has 36 heavy (non-hydrogen) atoms. The Labute approximate surface area is 211 Å². The van der Waals surface area contributed by atoms with E-state index in [0.717, 1.165) is 19.3 Å². The van der Waals surface area contributed by atoms with Gasteiger partial charge in [0.1, 0.15) is 18.9 Å². The first kappa shape index (κ1) is 27.6. The van der Waals surface area contributed by atoms with Gasteiger partial charge in [0.15, 0.2) is 22.6 Å². The van der Waals surface area contributed by atoms with Gasteiger partial charge in [0.05, 0.1) is 6.33 Å². The topological polar surface area (TPSA) is 137 Å². The maximum atomic E-state index is 13.7. The molecular weight excluding hydrogens is 467 g/mol.